The van der Waals surface area contributed by atoms with Crippen molar-refractivity contribution in [3.63, 3.8) is 0 Å². The van der Waals surface area contributed by atoms with E-state index >= 15 is 0 Å². The summed E-state index contributed by atoms with van der Waals surface area (Å²) >= 11 is 0. The van der Waals surface area contributed by atoms with E-state index in [0.717, 1.165) is 16.5 Å². The van der Waals surface area contributed by atoms with Crippen LogP contribution < -0.4 is 0 Å². The Morgan fingerprint density at radius 2 is 2.12 bits per heavy atom. The molecule has 0 saturated carbocycles. The van der Waals surface area contributed by atoms with E-state index in [0.29, 0.717) is 13.0 Å². The molecule has 0 atom stereocenters. The highest BCUT2D eigenvalue weighted by atomic mass is 19.1. The lowest BCUT2D eigenvalue weighted by atomic mass is 10.1. The number of carboxylic acid groups (broad SMARTS) is 1. The van der Waals surface area contributed by atoms with Crippen LogP contribution in [0.5, 0.6) is 0 Å². The molecular weight excluding hydrogens is 221 g/mol. The first-order valence-corrected chi connectivity index (χ1v) is 5.57. The van der Waals surface area contributed by atoms with E-state index in [1.54, 1.807) is 0 Å². The van der Waals surface area contributed by atoms with Gasteiger partial charge < -0.3 is 9.67 Å². The highest BCUT2D eigenvalue weighted by Gasteiger charge is 2.10. The molecular formula is C13H14FNO2. The summed E-state index contributed by atoms with van der Waals surface area (Å²) in [6.45, 7) is 0.220. The lowest BCUT2D eigenvalue weighted by molar-refractivity contribution is -0.136. The number of halogens is 1. The predicted molar refractivity (Wildman–Crippen MR) is 63.9 cm³/mol. The highest BCUT2D eigenvalue weighted by Crippen LogP contribution is 2.22. The van der Waals surface area contributed by atoms with Crippen molar-refractivity contribution in [3.05, 3.63) is 36.0 Å². The number of nitrogens with zero attached hydrogens (tertiary/aromatic N) is 1. The average Bonchev–Trinajstić information content (AvgIpc) is 2.65. The molecule has 0 amide bonds. The number of rotatable bonds is 5. The van der Waals surface area contributed by atoms with Crippen LogP contribution in [0.25, 0.3) is 10.9 Å². The van der Waals surface area contributed by atoms with Crippen LogP contribution in [0.1, 0.15) is 12.0 Å². The second kappa shape index (κ2) is 4.99. The number of aromatic nitrogens is 1. The quantitative estimate of drug-likeness (QED) is 0.865. The first-order valence-electron chi connectivity index (χ1n) is 5.57. The Labute approximate surface area is 98.5 Å². The van der Waals surface area contributed by atoms with E-state index in [4.69, 9.17) is 5.11 Å². The van der Waals surface area contributed by atoms with Gasteiger partial charge in [0.15, 0.2) is 0 Å². The van der Waals surface area contributed by atoms with Crippen molar-refractivity contribution in [3.8, 4) is 0 Å². The number of carboxylic acids is 1. The molecule has 1 heterocycles. The first-order chi connectivity index (χ1) is 8.22. The third-order valence-corrected chi connectivity index (χ3v) is 2.75. The van der Waals surface area contributed by atoms with Gasteiger partial charge in [-0.05, 0) is 18.1 Å². The van der Waals surface area contributed by atoms with Gasteiger partial charge in [-0.1, -0.05) is 18.2 Å². The number of hydrogen-bond acceptors (Lipinski definition) is 1. The summed E-state index contributed by atoms with van der Waals surface area (Å²) < 4.78 is 14.1. The van der Waals surface area contributed by atoms with E-state index in [-0.39, 0.29) is 13.1 Å². The van der Waals surface area contributed by atoms with Crippen molar-refractivity contribution in [1.29, 1.82) is 0 Å². The third-order valence-electron chi connectivity index (χ3n) is 2.75. The van der Waals surface area contributed by atoms with E-state index < -0.39 is 5.97 Å². The van der Waals surface area contributed by atoms with Gasteiger partial charge in [-0.3, -0.25) is 9.18 Å². The number of alkyl halides is 1. The van der Waals surface area contributed by atoms with Gasteiger partial charge >= 0.3 is 5.97 Å². The molecule has 0 fully saturated rings. The normalized spacial score (nSPS) is 10.9. The summed E-state index contributed by atoms with van der Waals surface area (Å²) in [6.07, 6.45) is 2.27. The Balaban J connectivity index is 2.42. The Morgan fingerprint density at radius 1 is 1.35 bits per heavy atom. The van der Waals surface area contributed by atoms with Crippen LogP contribution in [0.2, 0.25) is 0 Å². The maximum Gasteiger partial charge on any atom is 0.307 e. The van der Waals surface area contributed by atoms with E-state index in [2.05, 4.69) is 0 Å². The first kappa shape index (κ1) is 11.6. The lowest BCUT2D eigenvalue weighted by Crippen LogP contribution is -2.00. The van der Waals surface area contributed by atoms with Gasteiger partial charge in [-0.15, -0.1) is 0 Å². The number of carbonyl (C=O) groups is 1. The van der Waals surface area contributed by atoms with Crippen LogP contribution in [-0.4, -0.2) is 22.3 Å². The minimum atomic E-state index is -0.849. The van der Waals surface area contributed by atoms with Gasteiger partial charge in [0, 0.05) is 23.6 Å². The largest absolute Gasteiger partial charge is 0.481 e. The van der Waals surface area contributed by atoms with Crippen molar-refractivity contribution in [2.75, 3.05) is 6.67 Å². The molecule has 0 unspecified atom stereocenters. The Hall–Kier alpha value is -1.84. The number of aryl methyl sites for hydroxylation is 1. The summed E-state index contributed by atoms with van der Waals surface area (Å²) in [5, 5.41) is 9.78. The summed E-state index contributed by atoms with van der Waals surface area (Å²) in [5.41, 5.74) is 1.75. The van der Waals surface area contributed by atoms with Gasteiger partial charge in [-0.25, -0.2) is 0 Å². The van der Waals surface area contributed by atoms with E-state index in [9.17, 15) is 9.18 Å². The number of hydrogen-bond donors (Lipinski definition) is 1. The SMILES string of the molecule is O=C(O)Cc1cn(CCCF)c2ccccc12. The average molecular weight is 235 g/mol. The maximum absolute atomic E-state index is 12.2. The smallest absolute Gasteiger partial charge is 0.307 e. The van der Waals surface area contributed by atoms with Crippen molar-refractivity contribution < 1.29 is 14.3 Å². The molecule has 0 aliphatic rings. The fourth-order valence-electron chi connectivity index (χ4n) is 2.04. The van der Waals surface area contributed by atoms with Crippen molar-refractivity contribution >= 4 is 16.9 Å². The summed E-state index contributed by atoms with van der Waals surface area (Å²) in [5.74, 6) is -0.849. The molecule has 0 aliphatic heterocycles. The van der Waals surface area contributed by atoms with Crippen LogP contribution in [0, 0.1) is 0 Å². The minimum Gasteiger partial charge on any atom is -0.481 e. The second-order valence-corrected chi connectivity index (χ2v) is 3.98. The van der Waals surface area contributed by atoms with Gasteiger partial charge in [0.1, 0.15) is 0 Å². The fourth-order valence-corrected chi connectivity index (χ4v) is 2.04. The zero-order valence-electron chi connectivity index (χ0n) is 9.40. The molecule has 0 aliphatic carbocycles. The molecule has 0 radical (unpaired) electrons. The van der Waals surface area contributed by atoms with Gasteiger partial charge in [0.05, 0.1) is 13.1 Å². The fraction of sp³-hybridized carbons (Fsp3) is 0.308. The van der Waals surface area contributed by atoms with Crippen LogP contribution in [0.4, 0.5) is 4.39 Å². The van der Waals surface area contributed by atoms with E-state index in [1.165, 1.54) is 0 Å². The molecule has 1 N–H and O–H groups in total. The van der Waals surface area contributed by atoms with Crippen LogP contribution in [0.3, 0.4) is 0 Å². The molecule has 0 spiro atoms. The van der Waals surface area contributed by atoms with Crippen LogP contribution >= 0.6 is 0 Å². The zero-order chi connectivity index (χ0) is 12.3. The summed E-state index contributed by atoms with van der Waals surface area (Å²) in [6, 6.07) is 7.62. The molecule has 2 rings (SSSR count). The number of para-hydroxylation sites is 1. The minimum absolute atomic E-state index is 0.00311. The molecule has 1 aromatic heterocycles. The molecule has 2 aromatic rings. The highest BCUT2D eigenvalue weighted by molar-refractivity contribution is 5.87. The topological polar surface area (TPSA) is 42.2 Å². The third kappa shape index (κ3) is 2.46. The van der Waals surface area contributed by atoms with Gasteiger partial charge in [0.2, 0.25) is 0 Å². The molecule has 0 bridgehead atoms. The zero-order valence-corrected chi connectivity index (χ0v) is 9.40. The number of benzene rings is 1. The van der Waals surface area contributed by atoms with Crippen LogP contribution in [0.15, 0.2) is 30.5 Å². The van der Waals surface area contributed by atoms with E-state index in [1.807, 2.05) is 35.0 Å². The Morgan fingerprint density at radius 3 is 2.82 bits per heavy atom. The van der Waals surface area contributed by atoms with Crippen molar-refractivity contribution in [2.24, 2.45) is 0 Å². The standard InChI is InChI=1S/C13H14FNO2/c14-6-3-7-15-9-10(8-13(16)17)11-4-1-2-5-12(11)15/h1-2,4-5,9H,3,6-8H2,(H,16,17). The lowest BCUT2D eigenvalue weighted by Gasteiger charge is -2.02. The molecule has 3 nitrogen and oxygen atoms in total. The Bertz CT molecular complexity index is 533. The van der Waals surface area contributed by atoms with Crippen LogP contribution in [-0.2, 0) is 17.8 Å². The number of aliphatic carboxylic acids is 1. The number of fused-ring (bicyclic) bond motifs is 1. The van der Waals surface area contributed by atoms with Gasteiger partial charge in [-0.2, -0.15) is 0 Å². The molecule has 0 saturated heterocycles. The molecule has 4 heteroatoms. The van der Waals surface area contributed by atoms with Gasteiger partial charge in [0.25, 0.3) is 0 Å². The Kier molecular flexibility index (Phi) is 3.42. The molecule has 17 heavy (non-hydrogen) atoms. The second-order valence-electron chi connectivity index (χ2n) is 3.98. The summed E-state index contributed by atoms with van der Waals surface area (Å²) in [4.78, 5) is 10.8. The monoisotopic (exact) mass is 235 g/mol. The summed E-state index contributed by atoms with van der Waals surface area (Å²) in [7, 11) is 0. The predicted octanol–water partition coefficient (Wildman–Crippen LogP) is 2.63. The van der Waals surface area contributed by atoms with Crippen molar-refractivity contribution in [1.82, 2.24) is 4.57 Å². The van der Waals surface area contributed by atoms with Crippen molar-refractivity contribution in [2.45, 2.75) is 19.4 Å². The maximum atomic E-state index is 12.2. The molecule has 90 valence electrons. The molecule has 1 aromatic carbocycles.